The molecule has 0 aliphatic heterocycles. The van der Waals surface area contributed by atoms with E-state index in [1.165, 1.54) is 20.7 Å². The van der Waals surface area contributed by atoms with E-state index in [-0.39, 0.29) is 11.6 Å². The zero-order chi connectivity index (χ0) is 15.7. The summed E-state index contributed by atoms with van der Waals surface area (Å²) in [5, 5.41) is 10.6. The van der Waals surface area contributed by atoms with Crippen LogP contribution in [0.1, 0.15) is 35.5 Å². The molecular formula is C15H18N4OS2. The molecule has 0 bridgehead atoms. The number of nitrogens with zero attached hydrogens (tertiary/aromatic N) is 3. The Bertz CT molecular complexity index is 820. The smallest absolute Gasteiger partial charge is 0.275 e. The van der Waals surface area contributed by atoms with Gasteiger partial charge in [-0.05, 0) is 24.3 Å². The molecule has 0 unspecified atom stereocenters. The summed E-state index contributed by atoms with van der Waals surface area (Å²) in [6.45, 7) is 6.83. The van der Waals surface area contributed by atoms with Crippen LogP contribution in [-0.4, -0.2) is 14.6 Å². The van der Waals surface area contributed by atoms with Crippen LogP contribution in [-0.2, 0) is 6.54 Å². The third kappa shape index (κ3) is 3.11. The van der Waals surface area contributed by atoms with Crippen LogP contribution in [0.5, 0.6) is 0 Å². The third-order valence-electron chi connectivity index (χ3n) is 3.42. The van der Waals surface area contributed by atoms with Gasteiger partial charge in [-0.2, -0.15) is 9.61 Å². The van der Waals surface area contributed by atoms with Gasteiger partial charge in [0.1, 0.15) is 5.01 Å². The Balaban J connectivity index is 1.82. The first-order valence-corrected chi connectivity index (χ1v) is 8.87. The van der Waals surface area contributed by atoms with Gasteiger partial charge in [0.15, 0.2) is 0 Å². The van der Waals surface area contributed by atoms with Crippen LogP contribution >= 0.6 is 22.7 Å². The maximum Gasteiger partial charge on any atom is 0.275 e. The number of nitrogens with one attached hydrogen (secondary N) is 1. The van der Waals surface area contributed by atoms with Crippen LogP contribution in [0, 0.1) is 12.8 Å². The Labute approximate surface area is 136 Å². The summed E-state index contributed by atoms with van der Waals surface area (Å²) in [7, 11) is 0. The Morgan fingerprint density at radius 2 is 2.23 bits per heavy atom. The Hall–Kier alpha value is -1.57. The molecule has 0 saturated carbocycles. The molecule has 0 aliphatic rings. The fraction of sp³-hybridized carbons (Fsp3) is 0.400. The zero-order valence-electron chi connectivity index (χ0n) is 12.7. The number of hydrogen-bond acceptors (Lipinski definition) is 6. The highest BCUT2D eigenvalue weighted by molar-refractivity contribution is 7.16. The molecule has 0 fully saturated rings. The van der Waals surface area contributed by atoms with Crippen molar-refractivity contribution in [1.29, 1.82) is 0 Å². The van der Waals surface area contributed by atoms with Crippen molar-refractivity contribution in [3.63, 3.8) is 0 Å². The SMILES string of the molecule is Cc1nn2c(=O)cc(CN[C@H](c3cccs3)C(C)C)nc2s1. The van der Waals surface area contributed by atoms with Crippen molar-refractivity contribution in [2.45, 2.75) is 33.4 Å². The van der Waals surface area contributed by atoms with Crippen molar-refractivity contribution >= 4 is 27.6 Å². The molecular weight excluding hydrogens is 316 g/mol. The van der Waals surface area contributed by atoms with Crippen LogP contribution in [0.4, 0.5) is 0 Å². The lowest BCUT2D eigenvalue weighted by molar-refractivity contribution is 0.414. The Morgan fingerprint density at radius 3 is 2.91 bits per heavy atom. The van der Waals surface area contributed by atoms with Crippen molar-refractivity contribution in [3.05, 3.63) is 49.5 Å². The largest absolute Gasteiger partial charge is 0.303 e. The summed E-state index contributed by atoms with van der Waals surface area (Å²) < 4.78 is 1.36. The van der Waals surface area contributed by atoms with Gasteiger partial charge in [0.05, 0.1) is 5.69 Å². The summed E-state index contributed by atoms with van der Waals surface area (Å²) in [5.74, 6) is 0.467. The van der Waals surface area contributed by atoms with E-state index in [0.717, 1.165) is 10.7 Å². The van der Waals surface area contributed by atoms with E-state index in [2.05, 4.69) is 46.8 Å². The van der Waals surface area contributed by atoms with Gasteiger partial charge < -0.3 is 5.32 Å². The van der Waals surface area contributed by atoms with Gasteiger partial charge in [0.25, 0.3) is 5.56 Å². The summed E-state index contributed by atoms with van der Waals surface area (Å²) >= 11 is 3.18. The minimum Gasteiger partial charge on any atom is -0.303 e. The molecule has 0 radical (unpaired) electrons. The van der Waals surface area contributed by atoms with Gasteiger partial charge in [0, 0.05) is 23.5 Å². The van der Waals surface area contributed by atoms with E-state index in [4.69, 9.17) is 0 Å². The molecule has 1 atom stereocenters. The predicted molar refractivity (Wildman–Crippen MR) is 90.6 cm³/mol. The second-order valence-corrected chi connectivity index (χ2v) is 7.66. The molecule has 0 amide bonds. The summed E-state index contributed by atoms with van der Waals surface area (Å²) in [4.78, 5) is 18.5. The lowest BCUT2D eigenvalue weighted by atomic mass is 10.0. The normalized spacial score (nSPS) is 13.1. The summed E-state index contributed by atoms with van der Waals surface area (Å²) in [6.07, 6.45) is 0. The summed E-state index contributed by atoms with van der Waals surface area (Å²) in [5.41, 5.74) is 0.638. The van der Waals surface area contributed by atoms with Gasteiger partial charge in [-0.1, -0.05) is 31.3 Å². The fourth-order valence-corrected chi connectivity index (χ4v) is 4.13. The van der Waals surface area contributed by atoms with Crippen LogP contribution in [0.2, 0.25) is 0 Å². The fourth-order valence-electron chi connectivity index (χ4n) is 2.39. The van der Waals surface area contributed by atoms with Crippen LogP contribution in [0.15, 0.2) is 28.4 Å². The lowest BCUT2D eigenvalue weighted by Gasteiger charge is -2.21. The Kier molecular flexibility index (Phi) is 4.37. The topological polar surface area (TPSA) is 59.3 Å². The Morgan fingerprint density at radius 1 is 1.41 bits per heavy atom. The van der Waals surface area contributed by atoms with E-state index in [9.17, 15) is 4.79 Å². The van der Waals surface area contributed by atoms with Crippen LogP contribution in [0.3, 0.4) is 0 Å². The maximum atomic E-state index is 12.1. The van der Waals surface area contributed by atoms with Gasteiger partial charge >= 0.3 is 0 Å². The molecule has 22 heavy (non-hydrogen) atoms. The van der Waals surface area contributed by atoms with Crippen LogP contribution < -0.4 is 10.9 Å². The monoisotopic (exact) mass is 334 g/mol. The van der Waals surface area contributed by atoms with Gasteiger partial charge in [0.2, 0.25) is 4.96 Å². The molecule has 3 rings (SSSR count). The molecule has 3 aromatic rings. The predicted octanol–water partition coefficient (Wildman–Crippen LogP) is 3.01. The van der Waals surface area contributed by atoms with Gasteiger partial charge in [-0.3, -0.25) is 4.79 Å². The van der Waals surface area contributed by atoms with E-state index in [1.807, 2.05) is 6.92 Å². The van der Waals surface area contributed by atoms with Gasteiger partial charge in [-0.15, -0.1) is 11.3 Å². The van der Waals surface area contributed by atoms with Crippen molar-refractivity contribution in [1.82, 2.24) is 19.9 Å². The standard InChI is InChI=1S/C15H18N4OS2/c1-9(2)14(12-5-4-6-21-12)16-8-11-7-13(20)19-15(17-11)22-10(3)18-19/h4-7,9,14,16H,8H2,1-3H3/t14-/m0/s1. The molecule has 1 N–H and O–H groups in total. The van der Waals surface area contributed by atoms with E-state index < -0.39 is 0 Å². The number of thiophene rings is 1. The molecule has 3 aromatic heterocycles. The molecule has 0 spiro atoms. The first kappa shape index (κ1) is 15.3. The quantitative estimate of drug-likeness (QED) is 0.779. The molecule has 0 saturated heterocycles. The second kappa shape index (κ2) is 6.28. The van der Waals surface area contributed by atoms with E-state index >= 15 is 0 Å². The van der Waals surface area contributed by atoms with Crippen molar-refractivity contribution in [3.8, 4) is 0 Å². The average Bonchev–Trinajstić information content (AvgIpc) is 3.08. The number of aromatic nitrogens is 3. The van der Waals surface area contributed by atoms with Crippen molar-refractivity contribution in [2.24, 2.45) is 5.92 Å². The highest BCUT2D eigenvalue weighted by Gasteiger charge is 2.17. The molecule has 116 valence electrons. The summed E-state index contributed by atoms with van der Waals surface area (Å²) in [6, 6.07) is 6.03. The molecule has 0 aliphatic carbocycles. The first-order chi connectivity index (χ1) is 10.5. The van der Waals surface area contributed by atoms with Crippen molar-refractivity contribution in [2.75, 3.05) is 0 Å². The highest BCUT2D eigenvalue weighted by atomic mass is 32.1. The number of hydrogen-bond donors (Lipinski definition) is 1. The average molecular weight is 334 g/mol. The van der Waals surface area contributed by atoms with E-state index in [0.29, 0.717) is 17.4 Å². The number of rotatable bonds is 5. The molecule has 5 nitrogen and oxygen atoms in total. The van der Waals surface area contributed by atoms with Crippen molar-refractivity contribution < 1.29 is 0 Å². The third-order valence-corrected chi connectivity index (χ3v) is 5.20. The van der Waals surface area contributed by atoms with Crippen LogP contribution in [0.25, 0.3) is 4.96 Å². The molecule has 7 heteroatoms. The molecule has 3 heterocycles. The minimum atomic E-state index is -0.122. The minimum absolute atomic E-state index is 0.122. The van der Waals surface area contributed by atoms with E-state index in [1.54, 1.807) is 17.4 Å². The highest BCUT2D eigenvalue weighted by Crippen LogP contribution is 2.26. The lowest BCUT2D eigenvalue weighted by Crippen LogP contribution is -2.26. The first-order valence-electron chi connectivity index (χ1n) is 7.18. The maximum absolute atomic E-state index is 12.1. The second-order valence-electron chi connectivity index (χ2n) is 5.52. The number of fused-ring (bicyclic) bond motifs is 1. The van der Waals surface area contributed by atoms with Gasteiger partial charge in [-0.25, -0.2) is 4.98 Å². The molecule has 0 aromatic carbocycles. The zero-order valence-corrected chi connectivity index (χ0v) is 14.4. The number of aryl methyl sites for hydroxylation is 1.